The molecule has 4 aromatic heterocycles. The van der Waals surface area contributed by atoms with Gasteiger partial charge in [0.05, 0.1) is 38.5 Å². The van der Waals surface area contributed by atoms with E-state index in [4.69, 9.17) is 4.42 Å². The van der Waals surface area contributed by atoms with Crippen molar-refractivity contribution in [2.75, 3.05) is 0 Å². The molecule has 0 spiro atoms. The van der Waals surface area contributed by atoms with E-state index in [1.54, 1.807) is 0 Å². The van der Waals surface area contributed by atoms with E-state index in [1.807, 2.05) is 6.07 Å². The van der Waals surface area contributed by atoms with E-state index in [0.717, 1.165) is 60.8 Å². The van der Waals surface area contributed by atoms with Gasteiger partial charge in [-0.25, -0.2) is 0 Å². The van der Waals surface area contributed by atoms with Crippen LogP contribution in [0.2, 0.25) is 0 Å². The van der Waals surface area contributed by atoms with Crippen LogP contribution < -0.4 is 0 Å². The zero-order valence-corrected chi connectivity index (χ0v) is 28.0. The van der Waals surface area contributed by atoms with Crippen molar-refractivity contribution in [1.29, 1.82) is 0 Å². The van der Waals surface area contributed by atoms with Crippen LogP contribution in [-0.2, 0) is 0 Å². The largest absolute Gasteiger partial charge is 0.455 e. The Balaban J connectivity index is 1.18. The van der Waals surface area contributed by atoms with E-state index in [9.17, 15) is 0 Å². The van der Waals surface area contributed by atoms with Gasteiger partial charge in [-0.2, -0.15) is 0 Å². The standard InChI is InChI=1S/C48H29N3O/c1-6-19-40-33(14-1)34-15-2-7-20-41(34)49(40)30-12-11-13-31(28-30)51-44-26-24-32(50-42-21-8-3-16-35(42)36-17-4-9-22-43(36)50)29-39(44)47-45(51)27-25-38-37-18-5-10-23-46(37)52-48(38)47/h1-29H. The zero-order valence-electron chi connectivity index (χ0n) is 28.0. The normalized spacial score (nSPS) is 12.2. The number of hydrogen-bond donors (Lipinski definition) is 0. The Morgan fingerprint density at radius 1 is 0.288 bits per heavy atom. The van der Waals surface area contributed by atoms with Gasteiger partial charge < -0.3 is 18.1 Å². The van der Waals surface area contributed by atoms with Gasteiger partial charge in [0.15, 0.2) is 0 Å². The molecule has 0 saturated carbocycles. The minimum atomic E-state index is 0.901. The average molecular weight is 664 g/mol. The van der Waals surface area contributed by atoms with Crippen molar-refractivity contribution in [2.24, 2.45) is 0 Å². The molecule has 12 aromatic rings. The summed E-state index contributed by atoms with van der Waals surface area (Å²) in [6, 6.07) is 63.5. The first-order valence-electron chi connectivity index (χ1n) is 17.8. The maximum absolute atomic E-state index is 6.75. The molecule has 0 bridgehead atoms. The van der Waals surface area contributed by atoms with Gasteiger partial charge in [0.25, 0.3) is 0 Å². The van der Waals surface area contributed by atoms with Crippen molar-refractivity contribution in [3.05, 3.63) is 176 Å². The summed E-state index contributed by atoms with van der Waals surface area (Å²) in [5, 5.41) is 9.55. The van der Waals surface area contributed by atoms with Gasteiger partial charge in [-0.3, -0.25) is 0 Å². The molecule has 242 valence electrons. The highest BCUT2D eigenvalue weighted by Gasteiger charge is 2.21. The second-order valence-corrected chi connectivity index (χ2v) is 13.7. The van der Waals surface area contributed by atoms with E-state index >= 15 is 0 Å². The van der Waals surface area contributed by atoms with Gasteiger partial charge in [-0.15, -0.1) is 0 Å². The van der Waals surface area contributed by atoms with E-state index in [1.165, 1.54) is 43.6 Å². The lowest BCUT2D eigenvalue weighted by Gasteiger charge is -2.13. The quantitative estimate of drug-likeness (QED) is 0.185. The molecule has 0 amide bonds. The third kappa shape index (κ3) is 3.65. The first-order valence-corrected chi connectivity index (χ1v) is 17.8. The Morgan fingerprint density at radius 3 is 1.31 bits per heavy atom. The summed E-state index contributed by atoms with van der Waals surface area (Å²) >= 11 is 0. The number of para-hydroxylation sites is 5. The second kappa shape index (κ2) is 10.3. The monoisotopic (exact) mass is 663 g/mol. The van der Waals surface area contributed by atoms with Gasteiger partial charge >= 0.3 is 0 Å². The van der Waals surface area contributed by atoms with Crippen LogP contribution in [0.3, 0.4) is 0 Å². The van der Waals surface area contributed by atoms with Crippen LogP contribution in [0, 0.1) is 0 Å². The Morgan fingerprint density at radius 2 is 0.731 bits per heavy atom. The highest BCUT2D eigenvalue weighted by molar-refractivity contribution is 6.24. The maximum Gasteiger partial charge on any atom is 0.145 e. The molecule has 4 nitrogen and oxygen atoms in total. The molecule has 0 radical (unpaired) electrons. The molecule has 0 saturated heterocycles. The van der Waals surface area contributed by atoms with Crippen LogP contribution in [0.25, 0.3) is 104 Å². The van der Waals surface area contributed by atoms with Crippen LogP contribution in [0.4, 0.5) is 0 Å². The molecule has 4 heterocycles. The molecule has 12 rings (SSSR count). The summed E-state index contributed by atoms with van der Waals surface area (Å²) in [5.74, 6) is 0. The van der Waals surface area contributed by atoms with Crippen LogP contribution in [0.15, 0.2) is 180 Å². The average Bonchev–Trinajstić information content (AvgIpc) is 3.94. The first-order chi connectivity index (χ1) is 25.8. The van der Waals surface area contributed by atoms with E-state index in [2.05, 4.69) is 184 Å². The van der Waals surface area contributed by atoms with Crippen molar-refractivity contribution in [1.82, 2.24) is 13.7 Å². The predicted molar refractivity (Wildman–Crippen MR) is 217 cm³/mol. The van der Waals surface area contributed by atoms with Gasteiger partial charge in [0.2, 0.25) is 0 Å². The van der Waals surface area contributed by atoms with Gasteiger partial charge in [-0.05, 0) is 78.9 Å². The van der Waals surface area contributed by atoms with E-state index in [-0.39, 0.29) is 0 Å². The number of benzene rings is 8. The Kier molecular flexibility index (Phi) is 5.47. The third-order valence-corrected chi connectivity index (χ3v) is 11.0. The number of aromatic nitrogens is 3. The van der Waals surface area contributed by atoms with Crippen molar-refractivity contribution >= 4 is 87.4 Å². The Bertz CT molecular complexity index is 3320. The van der Waals surface area contributed by atoms with Crippen molar-refractivity contribution < 1.29 is 4.42 Å². The van der Waals surface area contributed by atoms with E-state index in [0.29, 0.717) is 0 Å². The van der Waals surface area contributed by atoms with Crippen molar-refractivity contribution in [3.63, 3.8) is 0 Å². The summed E-state index contributed by atoms with van der Waals surface area (Å²) in [4.78, 5) is 0. The fourth-order valence-corrected chi connectivity index (χ4v) is 8.86. The molecule has 0 atom stereocenters. The molecule has 0 aliphatic rings. The molecule has 0 N–H and O–H groups in total. The molecule has 0 aliphatic heterocycles. The van der Waals surface area contributed by atoms with Crippen molar-refractivity contribution in [3.8, 4) is 17.1 Å². The number of nitrogens with zero attached hydrogens (tertiary/aromatic N) is 3. The molecule has 0 unspecified atom stereocenters. The molecular formula is C48H29N3O. The lowest BCUT2D eigenvalue weighted by atomic mass is 10.1. The predicted octanol–water partition coefficient (Wildman–Crippen LogP) is 12.9. The number of furan rings is 1. The Labute approximate surface area is 297 Å². The fraction of sp³-hybridized carbons (Fsp3) is 0. The molecule has 4 heteroatoms. The van der Waals surface area contributed by atoms with Gasteiger partial charge in [0, 0.05) is 54.8 Å². The van der Waals surface area contributed by atoms with Crippen LogP contribution >= 0.6 is 0 Å². The smallest absolute Gasteiger partial charge is 0.145 e. The number of hydrogen-bond acceptors (Lipinski definition) is 1. The lowest BCUT2D eigenvalue weighted by Crippen LogP contribution is -1.99. The van der Waals surface area contributed by atoms with Crippen LogP contribution in [0.1, 0.15) is 0 Å². The summed E-state index contributed by atoms with van der Waals surface area (Å²) in [6.45, 7) is 0. The number of fused-ring (bicyclic) bond motifs is 13. The highest BCUT2D eigenvalue weighted by Crippen LogP contribution is 2.42. The van der Waals surface area contributed by atoms with Crippen molar-refractivity contribution in [2.45, 2.75) is 0 Å². The number of rotatable bonds is 3. The lowest BCUT2D eigenvalue weighted by molar-refractivity contribution is 0.673. The summed E-state index contributed by atoms with van der Waals surface area (Å²) in [5.41, 5.74) is 12.2. The maximum atomic E-state index is 6.75. The molecule has 0 fully saturated rings. The minimum Gasteiger partial charge on any atom is -0.455 e. The SMILES string of the molecule is c1cc(-n2c3ccccc3c3ccccc32)cc(-n2c3ccc(-n4c5ccccc5c5ccccc54)cc3c3c4oc5ccccc5c4ccc32)c1. The third-order valence-electron chi connectivity index (χ3n) is 11.0. The molecule has 0 aliphatic carbocycles. The van der Waals surface area contributed by atoms with Crippen LogP contribution in [0.5, 0.6) is 0 Å². The van der Waals surface area contributed by atoms with E-state index < -0.39 is 0 Å². The summed E-state index contributed by atoms with van der Waals surface area (Å²) in [7, 11) is 0. The highest BCUT2D eigenvalue weighted by atomic mass is 16.3. The topological polar surface area (TPSA) is 27.9 Å². The molecule has 8 aromatic carbocycles. The molecular weight excluding hydrogens is 635 g/mol. The Hall–Kier alpha value is -7.04. The van der Waals surface area contributed by atoms with Gasteiger partial charge in [0.1, 0.15) is 11.2 Å². The summed E-state index contributed by atoms with van der Waals surface area (Å²) < 4.78 is 13.9. The first kappa shape index (κ1) is 27.7. The second-order valence-electron chi connectivity index (χ2n) is 13.7. The van der Waals surface area contributed by atoms with Crippen LogP contribution in [-0.4, -0.2) is 13.7 Å². The zero-order chi connectivity index (χ0) is 33.9. The molecule has 52 heavy (non-hydrogen) atoms. The van der Waals surface area contributed by atoms with Gasteiger partial charge in [-0.1, -0.05) is 97.1 Å². The fourth-order valence-electron chi connectivity index (χ4n) is 8.86. The minimum absolute atomic E-state index is 0.901. The summed E-state index contributed by atoms with van der Waals surface area (Å²) in [6.07, 6.45) is 0.